The first-order valence-corrected chi connectivity index (χ1v) is 21.4. The van der Waals surface area contributed by atoms with Crippen molar-refractivity contribution in [2.24, 2.45) is 0 Å². The number of aromatic nitrogens is 2. The maximum absolute atomic E-state index is 5.38. The predicted octanol–water partition coefficient (Wildman–Crippen LogP) is 15.6. The predicted molar refractivity (Wildman–Crippen MR) is 259 cm³/mol. The number of fused-ring (bicyclic) bond motifs is 7. The van der Waals surface area contributed by atoms with Gasteiger partial charge in [-0.25, -0.2) is 9.97 Å². The molecule has 1 atom stereocenters. The summed E-state index contributed by atoms with van der Waals surface area (Å²) in [6, 6.07) is 81.2. The third kappa shape index (κ3) is 5.79. The molecule has 0 bridgehead atoms. The average molecular weight is 789 g/mol. The smallest absolute Gasteiger partial charge is 0.160 e. The second-order valence-corrected chi connectivity index (χ2v) is 16.6. The summed E-state index contributed by atoms with van der Waals surface area (Å²) < 4.78 is 0. The first-order valence-electron chi connectivity index (χ1n) is 21.4. The van der Waals surface area contributed by atoms with Gasteiger partial charge < -0.3 is 0 Å². The third-order valence-corrected chi connectivity index (χ3v) is 13.2. The van der Waals surface area contributed by atoms with E-state index >= 15 is 0 Å². The van der Waals surface area contributed by atoms with E-state index in [1.54, 1.807) is 0 Å². The van der Waals surface area contributed by atoms with Gasteiger partial charge in [0.15, 0.2) is 5.82 Å². The van der Waals surface area contributed by atoms with Gasteiger partial charge in [-0.3, -0.25) is 0 Å². The monoisotopic (exact) mass is 788 g/mol. The fourth-order valence-electron chi connectivity index (χ4n) is 10.0. The lowest BCUT2D eigenvalue weighted by Gasteiger charge is -2.28. The summed E-state index contributed by atoms with van der Waals surface area (Å²) in [4.78, 5) is 10.7. The summed E-state index contributed by atoms with van der Waals surface area (Å²) in [7, 11) is 0. The van der Waals surface area contributed by atoms with Crippen molar-refractivity contribution in [1.82, 2.24) is 9.97 Å². The van der Waals surface area contributed by atoms with Crippen molar-refractivity contribution >= 4 is 32.3 Å². The molecule has 10 aromatic carbocycles. The molecule has 1 aromatic heterocycles. The fraction of sp³-hybridized carbons (Fsp3) is 0.0333. The highest BCUT2D eigenvalue weighted by atomic mass is 14.9. The molecule has 0 saturated carbocycles. The molecule has 0 N–H and O–H groups in total. The number of hydrogen-bond acceptors (Lipinski definition) is 2. The van der Waals surface area contributed by atoms with Gasteiger partial charge in [-0.05, 0) is 114 Å². The molecule has 1 aliphatic rings. The van der Waals surface area contributed by atoms with Gasteiger partial charge in [0, 0.05) is 22.1 Å². The van der Waals surface area contributed by atoms with Crippen LogP contribution in [0.4, 0.5) is 0 Å². The standard InChI is InChI=1S/C60H40N2/c1-60(47-21-6-3-7-22-47)54-26-13-12-25-50(54)53-37-46(32-34-55(53)60)57-38-56(45-20-14-19-43(35-45)39-15-4-2-5-16-39)61-59(62-57)42-29-27-41(28-30-42)58-49-24-11-9-18-44(49)36-52-48-23-10-8-17-40(48)31-33-51(52)58/h2-38H,1H3. The minimum Gasteiger partial charge on any atom is -0.228 e. The highest BCUT2D eigenvalue weighted by molar-refractivity contribution is 6.20. The van der Waals surface area contributed by atoms with E-state index in [4.69, 9.17) is 9.97 Å². The molecule has 1 heterocycles. The van der Waals surface area contributed by atoms with Crippen LogP contribution in [0.3, 0.4) is 0 Å². The maximum Gasteiger partial charge on any atom is 0.160 e. The van der Waals surface area contributed by atoms with E-state index in [0.717, 1.165) is 39.2 Å². The Morgan fingerprint density at radius 3 is 1.73 bits per heavy atom. The zero-order valence-electron chi connectivity index (χ0n) is 34.3. The largest absolute Gasteiger partial charge is 0.228 e. The molecular formula is C60H40N2. The second-order valence-electron chi connectivity index (χ2n) is 16.6. The minimum absolute atomic E-state index is 0.268. The Morgan fingerprint density at radius 1 is 0.323 bits per heavy atom. The maximum atomic E-state index is 5.38. The van der Waals surface area contributed by atoms with Crippen molar-refractivity contribution in [3.63, 3.8) is 0 Å². The molecule has 1 aliphatic carbocycles. The molecule has 0 radical (unpaired) electrons. The number of nitrogens with zero attached hydrogens (tertiary/aromatic N) is 2. The Bertz CT molecular complexity index is 3520. The summed E-state index contributed by atoms with van der Waals surface area (Å²) in [6.07, 6.45) is 0. The van der Waals surface area contributed by atoms with E-state index in [0.29, 0.717) is 5.82 Å². The summed E-state index contributed by atoms with van der Waals surface area (Å²) in [6.45, 7) is 2.36. The quantitative estimate of drug-likeness (QED) is 0.124. The molecule has 0 amide bonds. The van der Waals surface area contributed by atoms with Crippen LogP contribution in [0.5, 0.6) is 0 Å². The number of rotatable bonds is 6. The van der Waals surface area contributed by atoms with E-state index < -0.39 is 0 Å². The van der Waals surface area contributed by atoms with Gasteiger partial charge in [-0.15, -0.1) is 0 Å². The number of hydrogen-bond donors (Lipinski definition) is 0. The molecule has 0 saturated heterocycles. The van der Waals surface area contributed by atoms with Crippen LogP contribution in [-0.2, 0) is 5.41 Å². The Labute approximate surface area is 361 Å². The van der Waals surface area contributed by atoms with Crippen LogP contribution < -0.4 is 0 Å². The van der Waals surface area contributed by atoms with Crippen molar-refractivity contribution in [3.05, 3.63) is 241 Å². The Hall–Kier alpha value is -7.94. The van der Waals surface area contributed by atoms with Gasteiger partial charge >= 0.3 is 0 Å². The highest BCUT2D eigenvalue weighted by Gasteiger charge is 2.40. The molecule has 0 aliphatic heterocycles. The fourth-order valence-corrected chi connectivity index (χ4v) is 10.0. The van der Waals surface area contributed by atoms with Crippen LogP contribution in [0, 0.1) is 0 Å². The molecule has 1 unspecified atom stereocenters. The molecule has 2 nitrogen and oxygen atoms in total. The van der Waals surface area contributed by atoms with E-state index in [1.807, 2.05) is 0 Å². The highest BCUT2D eigenvalue weighted by Crippen LogP contribution is 2.53. The van der Waals surface area contributed by atoms with Crippen LogP contribution >= 0.6 is 0 Å². The summed E-state index contributed by atoms with van der Waals surface area (Å²) in [5.41, 5.74) is 15.7. The lowest BCUT2D eigenvalue weighted by Crippen LogP contribution is -2.22. The van der Waals surface area contributed by atoms with Crippen LogP contribution in [0.15, 0.2) is 224 Å². The zero-order chi connectivity index (χ0) is 41.2. The van der Waals surface area contributed by atoms with Gasteiger partial charge in [-0.2, -0.15) is 0 Å². The van der Waals surface area contributed by atoms with Crippen molar-refractivity contribution < 1.29 is 0 Å². The minimum atomic E-state index is -0.268. The van der Waals surface area contributed by atoms with Crippen LogP contribution in [0.1, 0.15) is 23.6 Å². The lowest BCUT2D eigenvalue weighted by molar-refractivity contribution is 0.714. The number of benzene rings is 10. The first kappa shape index (κ1) is 36.0. The molecular weight excluding hydrogens is 749 g/mol. The summed E-state index contributed by atoms with van der Waals surface area (Å²) in [5, 5.41) is 7.49. The van der Waals surface area contributed by atoms with Crippen LogP contribution in [0.2, 0.25) is 0 Å². The van der Waals surface area contributed by atoms with Crippen molar-refractivity contribution in [1.29, 1.82) is 0 Å². The molecule has 12 rings (SSSR count). The molecule has 0 spiro atoms. The van der Waals surface area contributed by atoms with E-state index in [9.17, 15) is 0 Å². The van der Waals surface area contributed by atoms with Gasteiger partial charge in [0.25, 0.3) is 0 Å². The lowest BCUT2D eigenvalue weighted by atomic mass is 9.74. The Balaban J connectivity index is 1.02. The topological polar surface area (TPSA) is 25.8 Å². The van der Waals surface area contributed by atoms with Crippen LogP contribution in [0.25, 0.3) is 99.6 Å². The molecule has 290 valence electrons. The normalized spacial score (nSPS) is 14.3. The molecule has 2 heteroatoms. The van der Waals surface area contributed by atoms with E-state index in [2.05, 4.69) is 231 Å². The average Bonchev–Trinajstić information content (AvgIpc) is 3.61. The first-order chi connectivity index (χ1) is 30.6. The molecule has 62 heavy (non-hydrogen) atoms. The SMILES string of the molecule is CC1(c2ccccc2)c2ccccc2-c2cc(-c3cc(-c4cccc(-c5ccccc5)c4)nc(-c4ccc(-c5c6ccccc6cc6c5ccc5ccccc56)cc4)n3)ccc21. The zero-order valence-corrected chi connectivity index (χ0v) is 34.3. The van der Waals surface area contributed by atoms with Crippen molar-refractivity contribution in [2.45, 2.75) is 12.3 Å². The van der Waals surface area contributed by atoms with Gasteiger partial charge in [0.05, 0.1) is 11.4 Å². The molecule has 0 fully saturated rings. The molecule has 11 aromatic rings. The second kappa shape index (κ2) is 14.4. The van der Waals surface area contributed by atoms with E-state index in [-0.39, 0.29) is 5.41 Å². The van der Waals surface area contributed by atoms with Gasteiger partial charge in [0.2, 0.25) is 0 Å². The van der Waals surface area contributed by atoms with Gasteiger partial charge in [0.1, 0.15) is 0 Å². The van der Waals surface area contributed by atoms with Crippen molar-refractivity contribution in [3.8, 4) is 67.3 Å². The van der Waals surface area contributed by atoms with Crippen LogP contribution in [-0.4, -0.2) is 9.97 Å². The third-order valence-electron chi connectivity index (χ3n) is 13.2. The Kier molecular flexibility index (Phi) is 8.33. The van der Waals surface area contributed by atoms with Gasteiger partial charge in [-0.1, -0.05) is 200 Å². The van der Waals surface area contributed by atoms with E-state index in [1.165, 1.54) is 71.3 Å². The summed E-state index contributed by atoms with van der Waals surface area (Å²) >= 11 is 0. The van der Waals surface area contributed by atoms with Crippen molar-refractivity contribution in [2.75, 3.05) is 0 Å². The summed E-state index contributed by atoms with van der Waals surface area (Å²) in [5.74, 6) is 0.693. The Morgan fingerprint density at radius 2 is 0.919 bits per heavy atom.